The zero-order valence-electron chi connectivity index (χ0n) is 26.0. The number of hydrogen-bond acceptors (Lipinski definition) is 7. The number of aliphatic carboxylic acids is 2. The summed E-state index contributed by atoms with van der Waals surface area (Å²) in [5.41, 5.74) is 2.35. The Bertz CT molecular complexity index is 1520. The molecule has 2 fully saturated rings. The number of rotatable bonds is 9. The first-order chi connectivity index (χ1) is 22.6. The van der Waals surface area contributed by atoms with E-state index < -0.39 is 29.7 Å². The number of benzene rings is 2. The highest BCUT2D eigenvalue weighted by atomic mass is 19.1. The molecule has 252 valence electrons. The Labute approximate surface area is 270 Å². The molecule has 1 aromatic heterocycles. The van der Waals surface area contributed by atoms with Gasteiger partial charge in [0.1, 0.15) is 11.6 Å². The minimum Gasteiger partial charge on any atom is -0.481 e. The van der Waals surface area contributed by atoms with Crippen molar-refractivity contribution in [2.45, 2.75) is 63.1 Å². The van der Waals surface area contributed by atoms with Gasteiger partial charge in [0.25, 0.3) is 5.91 Å². The highest BCUT2D eigenvalue weighted by molar-refractivity contribution is 5.98. The quantitative estimate of drug-likeness (QED) is 0.264. The molecule has 2 heterocycles. The third-order valence-corrected chi connectivity index (χ3v) is 8.18. The lowest BCUT2D eigenvalue weighted by Crippen LogP contribution is -2.54. The summed E-state index contributed by atoms with van der Waals surface area (Å²) < 4.78 is 34.6. The number of carbonyl (C=O) groups excluding carboxylic acids is 2. The molecule has 1 saturated carbocycles. The molecule has 1 saturated heterocycles. The lowest BCUT2D eigenvalue weighted by atomic mass is 9.89. The van der Waals surface area contributed by atoms with Gasteiger partial charge in [-0.1, -0.05) is 43.2 Å². The van der Waals surface area contributed by atoms with E-state index in [0.717, 1.165) is 37.3 Å². The highest BCUT2D eigenvalue weighted by Crippen LogP contribution is 2.35. The molecule has 3 atom stereocenters. The van der Waals surface area contributed by atoms with Gasteiger partial charge in [-0.05, 0) is 37.0 Å². The third kappa shape index (κ3) is 9.58. The first kappa shape index (κ1) is 35.0. The highest BCUT2D eigenvalue weighted by Gasteiger charge is 2.35. The Hall–Kier alpha value is -4.85. The number of nitrogens with zero attached hydrogens (tertiary/aromatic N) is 3. The van der Waals surface area contributed by atoms with Gasteiger partial charge < -0.3 is 35.1 Å². The number of carboxylic acids is 2. The fourth-order valence-electron chi connectivity index (χ4n) is 6.04. The number of carbonyl (C=O) groups is 4. The number of nitrogens with one attached hydrogen (secondary N) is 2. The van der Waals surface area contributed by atoms with E-state index in [9.17, 15) is 28.0 Å². The van der Waals surface area contributed by atoms with Crippen LogP contribution in [0.5, 0.6) is 0 Å². The van der Waals surface area contributed by atoms with Crippen LogP contribution in [0.1, 0.15) is 60.6 Å². The van der Waals surface area contributed by atoms with Crippen molar-refractivity contribution in [3.05, 3.63) is 77.8 Å². The molecule has 0 spiro atoms. The monoisotopic (exact) mass is 655 g/mol. The van der Waals surface area contributed by atoms with Gasteiger partial charge in [-0.2, -0.15) is 0 Å². The van der Waals surface area contributed by atoms with Crippen molar-refractivity contribution < 1.29 is 42.9 Å². The molecule has 5 rings (SSSR count). The largest absolute Gasteiger partial charge is 0.481 e. The van der Waals surface area contributed by atoms with Crippen molar-refractivity contribution in [2.24, 2.45) is 0 Å². The summed E-state index contributed by atoms with van der Waals surface area (Å²) in [5.74, 6) is -3.66. The zero-order chi connectivity index (χ0) is 33.9. The van der Waals surface area contributed by atoms with Gasteiger partial charge in [0.05, 0.1) is 44.1 Å². The molecule has 0 bridgehead atoms. The number of halogens is 2. The van der Waals surface area contributed by atoms with Crippen molar-refractivity contribution in [3.63, 3.8) is 0 Å². The van der Waals surface area contributed by atoms with E-state index in [4.69, 9.17) is 14.9 Å². The molecule has 2 amide bonds. The first-order valence-electron chi connectivity index (χ1n) is 15.4. The van der Waals surface area contributed by atoms with E-state index in [1.165, 1.54) is 19.2 Å². The predicted octanol–water partition coefficient (Wildman–Crippen LogP) is 4.26. The average molecular weight is 656 g/mol. The molecule has 1 aliphatic carbocycles. The molecule has 12 nitrogen and oxygen atoms in total. The summed E-state index contributed by atoms with van der Waals surface area (Å²) in [5, 5.41) is 22.1. The summed E-state index contributed by atoms with van der Waals surface area (Å²) in [7, 11) is 1.35. The number of hydrogen-bond donors (Lipinski definition) is 4. The van der Waals surface area contributed by atoms with E-state index in [1.54, 1.807) is 11.2 Å². The van der Waals surface area contributed by atoms with Crippen molar-refractivity contribution in [1.29, 1.82) is 0 Å². The Balaban J connectivity index is 0.000000555. The number of methoxy groups -OCH3 is 1. The van der Waals surface area contributed by atoms with E-state index in [1.807, 2.05) is 34.9 Å². The van der Waals surface area contributed by atoms with Gasteiger partial charge in [0.15, 0.2) is 5.69 Å². The molecule has 4 N–H and O–H groups in total. The van der Waals surface area contributed by atoms with Crippen molar-refractivity contribution >= 4 is 23.9 Å². The number of amides is 2. The zero-order valence-corrected chi connectivity index (χ0v) is 26.0. The van der Waals surface area contributed by atoms with Crippen LogP contribution in [0.3, 0.4) is 0 Å². The van der Waals surface area contributed by atoms with Crippen LogP contribution >= 0.6 is 0 Å². The summed E-state index contributed by atoms with van der Waals surface area (Å²) in [6.45, 7) is 1.55. The number of ether oxygens (including phenoxy) is 1. The van der Waals surface area contributed by atoms with Crippen molar-refractivity contribution in [3.8, 4) is 11.3 Å². The maximum Gasteiger partial charge on any atom is 0.407 e. The van der Waals surface area contributed by atoms with E-state index in [0.29, 0.717) is 43.0 Å². The molecule has 14 heteroatoms. The van der Waals surface area contributed by atoms with Gasteiger partial charge in [-0.25, -0.2) is 18.6 Å². The molecule has 0 unspecified atom stereocenters. The minimum absolute atomic E-state index is 0.101. The summed E-state index contributed by atoms with van der Waals surface area (Å²) in [6.07, 6.45) is 4.50. The molecule has 1 aliphatic heterocycles. The van der Waals surface area contributed by atoms with Crippen LogP contribution in [0, 0.1) is 11.6 Å². The molecule has 2 aliphatic rings. The van der Waals surface area contributed by atoms with Crippen LogP contribution in [-0.2, 0) is 20.7 Å². The maximum atomic E-state index is 14.1. The Morgan fingerprint density at radius 3 is 2.30 bits per heavy atom. The number of aromatic nitrogens is 2. The topological polar surface area (TPSA) is 163 Å². The number of alkyl carbamates (subject to hydrolysis) is 1. The summed E-state index contributed by atoms with van der Waals surface area (Å²) >= 11 is 0. The SMILES string of the molecule is COC(=O)N[C@H]1CCCC[C@@H]1n1cnc(C(=O)N2CCNC[C@H]2Cc2cc(F)cc(F)c2)c1-c1ccccc1.O=C(O)CCC(=O)O. The second kappa shape index (κ2) is 16.6. The lowest BCUT2D eigenvalue weighted by molar-refractivity contribution is -0.143. The van der Waals surface area contributed by atoms with Crippen LogP contribution in [-0.4, -0.2) is 87.4 Å². The summed E-state index contributed by atoms with van der Waals surface area (Å²) in [6, 6.07) is 12.5. The van der Waals surface area contributed by atoms with Crippen LogP contribution in [0.25, 0.3) is 11.3 Å². The van der Waals surface area contributed by atoms with Crippen LogP contribution in [0.2, 0.25) is 0 Å². The van der Waals surface area contributed by atoms with Gasteiger partial charge in [-0.3, -0.25) is 14.4 Å². The van der Waals surface area contributed by atoms with Crippen molar-refractivity contribution in [2.75, 3.05) is 26.7 Å². The second-order valence-electron chi connectivity index (χ2n) is 11.4. The van der Waals surface area contributed by atoms with Gasteiger partial charge in [0, 0.05) is 37.3 Å². The summed E-state index contributed by atoms with van der Waals surface area (Å²) in [4.78, 5) is 51.9. The first-order valence-corrected chi connectivity index (χ1v) is 15.4. The minimum atomic E-state index is -1.08. The number of imidazole rings is 1. The fourth-order valence-corrected chi connectivity index (χ4v) is 6.04. The molecule has 47 heavy (non-hydrogen) atoms. The molecular weight excluding hydrogens is 616 g/mol. The molecular formula is C33H39F2N5O7. The second-order valence-corrected chi connectivity index (χ2v) is 11.4. The van der Waals surface area contributed by atoms with Crippen LogP contribution in [0.4, 0.5) is 13.6 Å². The van der Waals surface area contributed by atoms with Crippen LogP contribution in [0.15, 0.2) is 54.9 Å². The molecule has 3 aromatic rings. The molecule has 2 aromatic carbocycles. The average Bonchev–Trinajstić information content (AvgIpc) is 3.49. The van der Waals surface area contributed by atoms with E-state index in [-0.39, 0.29) is 36.9 Å². The molecule has 0 radical (unpaired) electrons. The Morgan fingerprint density at radius 1 is 1.00 bits per heavy atom. The van der Waals surface area contributed by atoms with Gasteiger partial charge in [0.2, 0.25) is 0 Å². The standard InChI is InChI=1S/C29H33F2N5O3.C4H6O4/c1-39-29(38)34-24-9-5-6-10-25(24)36-18-33-26(27(36)20-7-3-2-4-8-20)28(37)35-12-11-32-17-23(35)15-19-13-21(30)16-22(31)14-19;5-3(6)1-2-4(7)8/h2-4,7-8,13-14,16,18,23-25,32H,5-6,9-12,15,17H2,1H3,(H,34,38);1-2H2,(H,5,6)(H,7,8)/t23-,24+,25+;/m1./s1. The number of carboxylic acid groups (broad SMARTS) is 2. The van der Waals surface area contributed by atoms with Gasteiger partial charge in [-0.15, -0.1) is 0 Å². The maximum absolute atomic E-state index is 14.1. The third-order valence-electron chi connectivity index (χ3n) is 8.18. The fraction of sp³-hybridized carbons (Fsp3) is 0.424. The smallest absolute Gasteiger partial charge is 0.407 e. The van der Waals surface area contributed by atoms with E-state index >= 15 is 0 Å². The predicted molar refractivity (Wildman–Crippen MR) is 167 cm³/mol. The van der Waals surface area contributed by atoms with Crippen LogP contribution < -0.4 is 10.6 Å². The normalized spacial score (nSPS) is 19.2. The lowest BCUT2D eigenvalue weighted by Gasteiger charge is -2.36. The van der Waals surface area contributed by atoms with Gasteiger partial charge >= 0.3 is 18.0 Å². The Morgan fingerprint density at radius 2 is 1.66 bits per heavy atom. The Kier molecular flexibility index (Phi) is 12.4. The number of piperazine rings is 1. The van der Waals surface area contributed by atoms with Crippen molar-refractivity contribution in [1.82, 2.24) is 25.1 Å². The van der Waals surface area contributed by atoms with E-state index in [2.05, 4.69) is 15.6 Å².